The van der Waals surface area contributed by atoms with Crippen molar-refractivity contribution in [1.29, 1.82) is 0 Å². The summed E-state index contributed by atoms with van der Waals surface area (Å²) in [6, 6.07) is 19.7. The molecule has 0 saturated heterocycles. The smallest absolute Gasteiger partial charge is 0.0774 e. The highest BCUT2D eigenvalue weighted by molar-refractivity contribution is 5.14. The van der Waals surface area contributed by atoms with Crippen molar-refractivity contribution in [3.63, 3.8) is 0 Å². The van der Waals surface area contributed by atoms with Gasteiger partial charge in [0.25, 0.3) is 0 Å². The zero-order valence-corrected chi connectivity index (χ0v) is 13.9. The molecule has 2 aromatic carbocycles. The molecule has 0 aromatic heterocycles. The lowest BCUT2D eigenvalue weighted by Gasteiger charge is -2.15. The second kappa shape index (κ2) is 10.9. The normalized spacial score (nSPS) is 13.6. The van der Waals surface area contributed by atoms with Crippen LogP contribution in [0.15, 0.2) is 60.7 Å². The molecular weight excluding hydrogens is 304 g/mol. The number of benzene rings is 2. The van der Waals surface area contributed by atoms with Crippen molar-refractivity contribution in [3.05, 3.63) is 71.8 Å². The Kier molecular flexibility index (Phi) is 8.49. The van der Waals surface area contributed by atoms with E-state index in [2.05, 4.69) is 0 Å². The molecule has 0 radical (unpaired) electrons. The molecule has 2 N–H and O–H groups in total. The molecule has 0 unspecified atom stereocenters. The van der Waals surface area contributed by atoms with E-state index >= 15 is 0 Å². The van der Waals surface area contributed by atoms with Crippen molar-refractivity contribution in [3.8, 4) is 0 Å². The van der Waals surface area contributed by atoms with Crippen molar-refractivity contribution in [2.45, 2.75) is 38.3 Å². The number of aliphatic hydroxyl groups excluding tert-OH is 2. The van der Waals surface area contributed by atoms with Gasteiger partial charge >= 0.3 is 0 Å². The molecule has 0 spiro atoms. The molecule has 130 valence electrons. The molecule has 2 atom stereocenters. The minimum absolute atomic E-state index is 0.270. The van der Waals surface area contributed by atoms with E-state index in [-0.39, 0.29) is 13.2 Å². The van der Waals surface area contributed by atoms with E-state index in [1.807, 2.05) is 60.7 Å². The predicted molar refractivity (Wildman–Crippen MR) is 93.4 cm³/mol. The SMILES string of the molecule is O[C@@H](CC[C@H](O)COCc1ccccc1)COCc1ccccc1. The third kappa shape index (κ3) is 7.70. The monoisotopic (exact) mass is 330 g/mol. The molecule has 0 aliphatic carbocycles. The summed E-state index contributed by atoms with van der Waals surface area (Å²) >= 11 is 0. The first kappa shape index (κ1) is 18.6. The summed E-state index contributed by atoms with van der Waals surface area (Å²) in [7, 11) is 0. The second-order valence-electron chi connectivity index (χ2n) is 5.89. The van der Waals surface area contributed by atoms with Gasteiger partial charge in [-0.15, -0.1) is 0 Å². The van der Waals surface area contributed by atoms with Gasteiger partial charge in [0, 0.05) is 0 Å². The Labute approximate surface area is 143 Å². The average molecular weight is 330 g/mol. The van der Waals surface area contributed by atoms with Crippen molar-refractivity contribution in [2.75, 3.05) is 13.2 Å². The third-order valence-electron chi connectivity index (χ3n) is 3.68. The van der Waals surface area contributed by atoms with Gasteiger partial charge in [0.15, 0.2) is 0 Å². The predicted octanol–water partition coefficient (Wildman–Crippen LogP) is 2.92. The molecule has 0 aliphatic heterocycles. The Morgan fingerprint density at radius 3 is 1.38 bits per heavy atom. The first-order chi connectivity index (χ1) is 11.7. The van der Waals surface area contributed by atoms with Gasteiger partial charge in [-0.3, -0.25) is 0 Å². The lowest BCUT2D eigenvalue weighted by Crippen LogP contribution is -2.21. The third-order valence-corrected chi connectivity index (χ3v) is 3.68. The molecular formula is C20H26O4. The molecule has 2 aromatic rings. The van der Waals surface area contributed by atoms with E-state index in [0.29, 0.717) is 26.1 Å². The van der Waals surface area contributed by atoms with E-state index in [0.717, 1.165) is 11.1 Å². The van der Waals surface area contributed by atoms with Gasteiger partial charge in [0.2, 0.25) is 0 Å². The van der Waals surface area contributed by atoms with Crippen molar-refractivity contribution in [1.82, 2.24) is 0 Å². The van der Waals surface area contributed by atoms with Crippen LogP contribution in [-0.4, -0.2) is 35.6 Å². The van der Waals surface area contributed by atoms with Crippen LogP contribution in [0.2, 0.25) is 0 Å². The molecule has 0 bridgehead atoms. The zero-order valence-electron chi connectivity index (χ0n) is 13.9. The van der Waals surface area contributed by atoms with Crippen LogP contribution in [0.1, 0.15) is 24.0 Å². The lowest BCUT2D eigenvalue weighted by atomic mass is 10.1. The van der Waals surface area contributed by atoms with Gasteiger partial charge in [-0.2, -0.15) is 0 Å². The van der Waals surface area contributed by atoms with Crippen LogP contribution < -0.4 is 0 Å². The van der Waals surface area contributed by atoms with Crippen LogP contribution in [0, 0.1) is 0 Å². The summed E-state index contributed by atoms with van der Waals surface area (Å²) < 4.78 is 11.0. The van der Waals surface area contributed by atoms with Gasteiger partial charge in [-0.1, -0.05) is 60.7 Å². The van der Waals surface area contributed by atoms with Crippen molar-refractivity contribution >= 4 is 0 Å². The first-order valence-electron chi connectivity index (χ1n) is 8.33. The van der Waals surface area contributed by atoms with Crippen LogP contribution in [0.3, 0.4) is 0 Å². The quantitative estimate of drug-likeness (QED) is 0.665. The minimum Gasteiger partial charge on any atom is -0.391 e. The maximum absolute atomic E-state index is 9.90. The van der Waals surface area contributed by atoms with Gasteiger partial charge in [-0.25, -0.2) is 0 Å². The Bertz CT molecular complexity index is 493. The van der Waals surface area contributed by atoms with Crippen LogP contribution in [0.4, 0.5) is 0 Å². The topological polar surface area (TPSA) is 58.9 Å². The van der Waals surface area contributed by atoms with E-state index < -0.39 is 12.2 Å². The Hall–Kier alpha value is -1.72. The van der Waals surface area contributed by atoms with E-state index in [1.165, 1.54) is 0 Å². The van der Waals surface area contributed by atoms with Crippen LogP contribution in [0.5, 0.6) is 0 Å². The summed E-state index contributed by atoms with van der Waals surface area (Å²) in [6.45, 7) is 1.51. The largest absolute Gasteiger partial charge is 0.391 e. The number of rotatable bonds is 11. The highest BCUT2D eigenvalue weighted by Gasteiger charge is 2.10. The van der Waals surface area contributed by atoms with Crippen molar-refractivity contribution in [2.24, 2.45) is 0 Å². The van der Waals surface area contributed by atoms with Gasteiger partial charge in [0.05, 0.1) is 38.6 Å². The number of hydrogen-bond donors (Lipinski definition) is 2. The molecule has 0 saturated carbocycles. The Morgan fingerprint density at radius 2 is 1.00 bits per heavy atom. The number of ether oxygens (including phenoxy) is 2. The number of hydrogen-bond acceptors (Lipinski definition) is 4. The van der Waals surface area contributed by atoms with Crippen molar-refractivity contribution < 1.29 is 19.7 Å². The summed E-state index contributed by atoms with van der Waals surface area (Å²) in [5, 5.41) is 19.8. The molecule has 0 fully saturated rings. The summed E-state index contributed by atoms with van der Waals surface area (Å²) in [6.07, 6.45) is -0.162. The maximum Gasteiger partial charge on any atom is 0.0774 e. The number of aliphatic hydroxyl groups is 2. The summed E-state index contributed by atoms with van der Waals surface area (Å²) in [4.78, 5) is 0. The zero-order chi connectivity index (χ0) is 17.0. The van der Waals surface area contributed by atoms with Gasteiger partial charge < -0.3 is 19.7 Å². The maximum atomic E-state index is 9.90. The standard InChI is InChI=1S/C20H26O4/c21-19(15-23-13-17-7-3-1-4-8-17)11-12-20(22)16-24-14-18-9-5-2-6-10-18/h1-10,19-22H,11-16H2/t19-,20-/m0/s1. The Morgan fingerprint density at radius 1 is 0.625 bits per heavy atom. The molecule has 4 heteroatoms. The molecule has 4 nitrogen and oxygen atoms in total. The minimum atomic E-state index is -0.572. The molecule has 2 rings (SSSR count). The molecule has 0 amide bonds. The van der Waals surface area contributed by atoms with Gasteiger partial charge in [-0.05, 0) is 24.0 Å². The molecule has 0 aliphatic rings. The van der Waals surface area contributed by atoms with E-state index in [1.54, 1.807) is 0 Å². The fourth-order valence-electron chi connectivity index (χ4n) is 2.33. The lowest BCUT2D eigenvalue weighted by molar-refractivity contribution is -0.00255. The first-order valence-corrected chi connectivity index (χ1v) is 8.33. The van der Waals surface area contributed by atoms with Crippen LogP contribution in [0.25, 0.3) is 0 Å². The van der Waals surface area contributed by atoms with Gasteiger partial charge in [0.1, 0.15) is 0 Å². The molecule has 0 heterocycles. The second-order valence-corrected chi connectivity index (χ2v) is 5.89. The van der Waals surface area contributed by atoms with Crippen LogP contribution in [-0.2, 0) is 22.7 Å². The summed E-state index contributed by atoms with van der Waals surface area (Å²) in [5.74, 6) is 0. The highest BCUT2D eigenvalue weighted by Crippen LogP contribution is 2.07. The fourth-order valence-corrected chi connectivity index (χ4v) is 2.33. The van der Waals surface area contributed by atoms with E-state index in [9.17, 15) is 10.2 Å². The fraction of sp³-hybridized carbons (Fsp3) is 0.400. The molecule has 24 heavy (non-hydrogen) atoms. The Balaban J connectivity index is 1.52. The summed E-state index contributed by atoms with van der Waals surface area (Å²) in [5.41, 5.74) is 2.16. The van der Waals surface area contributed by atoms with Crippen LogP contribution >= 0.6 is 0 Å². The highest BCUT2D eigenvalue weighted by atomic mass is 16.5. The van der Waals surface area contributed by atoms with E-state index in [4.69, 9.17) is 9.47 Å². The average Bonchev–Trinajstić information content (AvgIpc) is 2.62.